The summed E-state index contributed by atoms with van der Waals surface area (Å²) in [6, 6.07) is 0. The Morgan fingerprint density at radius 1 is 1.86 bits per heavy atom. The maximum absolute atomic E-state index is 9.88. The lowest BCUT2D eigenvalue weighted by Crippen LogP contribution is -1.54. The molecule has 0 aliphatic rings. The Kier molecular flexibility index (Phi) is 1.43. The number of rotatable bonds is 1. The van der Waals surface area contributed by atoms with Crippen LogP contribution in [0.15, 0.2) is 15.9 Å². The van der Waals surface area contributed by atoms with Gasteiger partial charge in [-0.2, -0.15) is 0 Å². The van der Waals surface area contributed by atoms with Crippen molar-refractivity contribution in [3.8, 4) is 0 Å². The SMILES string of the molecule is O=[S+]c1cncs1. The van der Waals surface area contributed by atoms with Crippen LogP contribution in [-0.2, 0) is 15.9 Å². The van der Waals surface area contributed by atoms with Gasteiger partial charge in [0.2, 0.25) is 0 Å². The molecule has 0 amide bonds. The zero-order valence-electron chi connectivity index (χ0n) is 3.33. The Morgan fingerprint density at radius 3 is 3.00 bits per heavy atom. The van der Waals surface area contributed by atoms with Gasteiger partial charge in [-0.05, 0) is 0 Å². The molecule has 0 aliphatic carbocycles. The highest BCUT2D eigenvalue weighted by molar-refractivity contribution is 7.68. The average Bonchev–Trinajstić information content (AvgIpc) is 2.14. The van der Waals surface area contributed by atoms with Crippen molar-refractivity contribution >= 4 is 23.0 Å². The number of hydrogen-bond acceptors (Lipinski definition) is 3. The van der Waals surface area contributed by atoms with Gasteiger partial charge in [-0.25, -0.2) is 4.98 Å². The Morgan fingerprint density at radius 2 is 2.71 bits per heavy atom. The molecule has 7 heavy (non-hydrogen) atoms. The summed E-state index contributed by atoms with van der Waals surface area (Å²) in [6.07, 6.45) is 1.56. The van der Waals surface area contributed by atoms with E-state index in [0.29, 0.717) is 11.7 Å². The molecule has 0 fully saturated rings. The smallest absolute Gasteiger partial charge is 0.247 e. The van der Waals surface area contributed by atoms with Crippen molar-refractivity contribution in [3.05, 3.63) is 11.7 Å². The van der Waals surface area contributed by atoms with Crippen molar-refractivity contribution in [1.29, 1.82) is 0 Å². The highest BCUT2D eigenvalue weighted by Gasteiger charge is 2.04. The highest BCUT2D eigenvalue weighted by Crippen LogP contribution is 2.02. The predicted octanol–water partition coefficient (Wildman–Crippen LogP) is 0.930. The molecular weight excluding hydrogens is 130 g/mol. The molecule has 1 aromatic heterocycles. The molecule has 0 radical (unpaired) electrons. The third kappa shape index (κ3) is 1.01. The number of hydrogen-bond donors (Lipinski definition) is 0. The third-order valence-electron chi connectivity index (χ3n) is 0.492. The van der Waals surface area contributed by atoms with Crippen LogP contribution in [0, 0.1) is 0 Å². The monoisotopic (exact) mass is 132 g/mol. The van der Waals surface area contributed by atoms with E-state index in [-0.39, 0.29) is 0 Å². The first kappa shape index (κ1) is 4.80. The number of aromatic nitrogens is 1. The molecule has 0 N–H and O–H groups in total. The molecule has 0 unspecified atom stereocenters. The molecule has 1 rings (SSSR count). The minimum atomic E-state index is 0.481. The summed E-state index contributed by atoms with van der Waals surface area (Å²) >= 11 is 1.84. The largest absolute Gasteiger partial charge is 0.518 e. The van der Waals surface area contributed by atoms with Crippen LogP contribution < -0.4 is 0 Å². The predicted molar refractivity (Wildman–Crippen MR) is 28.4 cm³/mol. The van der Waals surface area contributed by atoms with Crippen molar-refractivity contribution in [2.24, 2.45) is 0 Å². The molecule has 0 bridgehead atoms. The Hall–Kier alpha value is -0.350. The minimum Gasteiger partial charge on any atom is -0.247 e. The van der Waals surface area contributed by atoms with E-state index in [2.05, 4.69) is 4.98 Å². The second-order valence-corrected chi connectivity index (χ2v) is 2.66. The molecular formula is C3H2NOS2+. The maximum atomic E-state index is 9.88. The fraction of sp³-hybridized carbons (Fsp3) is 0. The van der Waals surface area contributed by atoms with E-state index in [1.54, 1.807) is 11.7 Å². The van der Waals surface area contributed by atoms with Gasteiger partial charge >= 0.3 is 15.9 Å². The zero-order chi connectivity index (χ0) is 5.11. The van der Waals surface area contributed by atoms with Crippen LogP contribution in [0.5, 0.6) is 0 Å². The first-order valence-electron chi connectivity index (χ1n) is 1.62. The lowest BCUT2D eigenvalue weighted by molar-refractivity contribution is 0.605. The molecule has 0 saturated heterocycles. The Balaban J connectivity index is 2.96. The lowest BCUT2D eigenvalue weighted by Gasteiger charge is -1.43. The van der Waals surface area contributed by atoms with E-state index >= 15 is 0 Å². The van der Waals surface area contributed by atoms with E-state index in [9.17, 15) is 4.21 Å². The van der Waals surface area contributed by atoms with Gasteiger partial charge in [0.25, 0.3) is 0 Å². The molecule has 0 saturated carbocycles. The number of nitrogens with zero attached hydrogens (tertiary/aromatic N) is 1. The van der Waals surface area contributed by atoms with Crippen molar-refractivity contribution in [3.63, 3.8) is 0 Å². The first-order chi connectivity index (χ1) is 3.43. The third-order valence-corrected chi connectivity index (χ3v) is 1.82. The van der Waals surface area contributed by atoms with E-state index in [0.717, 1.165) is 4.21 Å². The maximum Gasteiger partial charge on any atom is 0.518 e. The normalized spacial score (nSPS) is 8.57. The van der Waals surface area contributed by atoms with E-state index in [4.69, 9.17) is 0 Å². The fourth-order valence-electron chi connectivity index (χ4n) is 0.245. The van der Waals surface area contributed by atoms with E-state index < -0.39 is 0 Å². The van der Waals surface area contributed by atoms with Crippen LogP contribution in [-0.4, -0.2) is 4.98 Å². The van der Waals surface area contributed by atoms with Crippen LogP contribution in [0.3, 0.4) is 0 Å². The zero-order valence-corrected chi connectivity index (χ0v) is 4.96. The first-order valence-corrected chi connectivity index (χ1v) is 3.24. The summed E-state index contributed by atoms with van der Waals surface area (Å²) in [6.45, 7) is 0. The van der Waals surface area contributed by atoms with Crippen LogP contribution in [0.2, 0.25) is 0 Å². The van der Waals surface area contributed by atoms with E-state index in [1.165, 1.54) is 11.3 Å². The van der Waals surface area contributed by atoms with Gasteiger partial charge < -0.3 is 0 Å². The summed E-state index contributed by atoms with van der Waals surface area (Å²) < 4.78 is 10.6. The second kappa shape index (κ2) is 2.09. The van der Waals surface area contributed by atoms with Gasteiger partial charge in [-0.1, -0.05) is 11.3 Å². The number of thiazole rings is 1. The molecule has 4 heteroatoms. The minimum absolute atomic E-state index is 0.481. The summed E-state index contributed by atoms with van der Waals surface area (Å²) in [7, 11) is 0. The van der Waals surface area contributed by atoms with Crippen molar-refractivity contribution in [2.75, 3.05) is 0 Å². The van der Waals surface area contributed by atoms with Crippen LogP contribution >= 0.6 is 11.3 Å². The van der Waals surface area contributed by atoms with Crippen molar-refractivity contribution in [1.82, 2.24) is 4.98 Å². The molecule has 1 aromatic rings. The highest BCUT2D eigenvalue weighted by atomic mass is 32.2. The quantitative estimate of drug-likeness (QED) is 0.532. The van der Waals surface area contributed by atoms with Crippen LogP contribution in [0.1, 0.15) is 0 Å². The van der Waals surface area contributed by atoms with Gasteiger partial charge in [-0.15, -0.1) is 0 Å². The van der Waals surface area contributed by atoms with Crippen LogP contribution in [0.4, 0.5) is 0 Å². The van der Waals surface area contributed by atoms with Gasteiger partial charge in [0, 0.05) is 4.21 Å². The molecule has 0 atom stereocenters. The van der Waals surface area contributed by atoms with Gasteiger partial charge in [-0.3, -0.25) is 0 Å². The fourth-order valence-corrected chi connectivity index (χ4v) is 0.983. The van der Waals surface area contributed by atoms with Gasteiger partial charge in [0.1, 0.15) is 6.20 Å². The molecule has 2 nitrogen and oxygen atoms in total. The summed E-state index contributed by atoms with van der Waals surface area (Å²) in [5, 5.41) is 0. The molecule has 36 valence electrons. The lowest BCUT2D eigenvalue weighted by atomic mass is 11.0. The topological polar surface area (TPSA) is 30.0 Å². The standard InChI is InChI=1S/C3H2NOS2/c5-7-3-1-4-2-6-3/h1-2H/q+1. The molecule has 0 aliphatic heterocycles. The Labute approximate surface area is 48.7 Å². The van der Waals surface area contributed by atoms with Gasteiger partial charge in [0.15, 0.2) is 0 Å². The molecule has 1 heterocycles. The molecule has 0 aromatic carbocycles. The summed E-state index contributed by atoms with van der Waals surface area (Å²) in [4.78, 5) is 3.69. The average molecular weight is 132 g/mol. The summed E-state index contributed by atoms with van der Waals surface area (Å²) in [5.41, 5.74) is 1.64. The summed E-state index contributed by atoms with van der Waals surface area (Å²) in [5.74, 6) is 0. The van der Waals surface area contributed by atoms with Crippen molar-refractivity contribution in [2.45, 2.75) is 4.21 Å². The second-order valence-electron chi connectivity index (χ2n) is 0.904. The van der Waals surface area contributed by atoms with Crippen molar-refractivity contribution < 1.29 is 4.21 Å². The van der Waals surface area contributed by atoms with Crippen LogP contribution in [0.25, 0.3) is 0 Å². The van der Waals surface area contributed by atoms with Gasteiger partial charge in [0.05, 0.1) is 5.51 Å². The Bertz CT molecular complexity index is 148. The van der Waals surface area contributed by atoms with E-state index in [1.807, 2.05) is 0 Å². The molecule has 0 spiro atoms.